The van der Waals surface area contributed by atoms with Crippen LogP contribution in [0.25, 0.3) is 16.5 Å². The normalized spacial score (nSPS) is 15.0. The Bertz CT molecular complexity index is 1770. The molecule has 6 rings (SSSR count). The molecule has 4 aromatic carbocycles. The third-order valence-corrected chi connectivity index (χ3v) is 9.47. The van der Waals surface area contributed by atoms with Gasteiger partial charge in [0.25, 0.3) is 5.91 Å². The first-order valence-corrected chi connectivity index (χ1v) is 16.7. The van der Waals surface area contributed by atoms with E-state index < -0.39 is 0 Å². The highest BCUT2D eigenvalue weighted by atomic mass is 32.2. The van der Waals surface area contributed by atoms with E-state index >= 15 is 0 Å². The van der Waals surface area contributed by atoms with Gasteiger partial charge in [-0.2, -0.15) is 0 Å². The highest BCUT2D eigenvalue weighted by Crippen LogP contribution is 2.25. The first-order chi connectivity index (χ1) is 22.0. The van der Waals surface area contributed by atoms with Crippen LogP contribution in [0.2, 0.25) is 0 Å². The third-order valence-electron chi connectivity index (χ3n) is 8.45. The molecular weight excluding hydrogens is 579 g/mol. The number of fused-ring (bicyclic) bond motifs is 1. The van der Waals surface area contributed by atoms with E-state index in [0.29, 0.717) is 38.0 Å². The maximum Gasteiger partial charge on any atom is 0.254 e. The number of amides is 2. The quantitative estimate of drug-likeness (QED) is 0.125. The summed E-state index contributed by atoms with van der Waals surface area (Å²) in [6.45, 7) is 5.81. The van der Waals surface area contributed by atoms with Crippen LogP contribution in [-0.2, 0) is 11.2 Å². The van der Waals surface area contributed by atoms with Crippen LogP contribution in [0.3, 0.4) is 0 Å². The summed E-state index contributed by atoms with van der Waals surface area (Å²) in [5.74, 6) is 1.96. The molecule has 0 N–H and O–H groups in total. The molecule has 1 aliphatic rings. The summed E-state index contributed by atoms with van der Waals surface area (Å²) in [5.41, 5.74) is 4.16. The van der Waals surface area contributed by atoms with Gasteiger partial charge in [0.15, 0.2) is 5.16 Å². The molecule has 1 saturated heterocycles. The van der Waals surface area contributed by atoms with Crippen LogP contribution >= 0.6 is 11.8 Å². The molecule has 1 aromatic heterocycles. The average Bonchev–Trinajstić information content (AvgIpc) is 3.46. The van der Waals surface area contributed by atoms with Crippen molar-refractivity contribution in [2.24, 2.45) is 0 Å². The van der Waals surface area contributed by atoms with Gasteiger partial charge in [0, 0.05) is 55.5 Å². The van der Waals surface area contributed by atoms with Gasteiger partial charge in [-0.1, -0.05) is 90.1 Å². The summed E-state index contributed by atoms with van der Waals surface area (Å²) in [6.07, 6.45) is 2.93. The van der Waals surface area contributed by atoms with Gasteiger partial charge in [-0.25, -0.2) is 0 Å². The van der Waals surface area contributed by atoms with Gasteiger partial charge in [0.1, 0.15) is 5.82 Å². The zero-order valence-electron chi connectivity index (χ0n) is 25.9. The van der Waals surface area contributed by atoms with E-state index in [0.717, 1.165) is 46.0 Å². The minimum Gasteiger partial charge on any atom is -0.339 e. The second-order valence-corrected chi connectivity index (χ2v) is 12.8. The van der Waals surface area contributed by atoms with Crippen LogP contribution in [0, 0.1) is 6.92 Å². The molecule has 1 atom stereocenters. The Balaban J connectivity index is 0.998. The summed E-state index contributed by atoms with van der Waals surface area (Å²) in [4.78, 5) is 30.3. The second-order valence-electron chi connectivity index (χ2n) is 11.8. The molecule has 1 aliphatic heterocycles. The number of benzene rings is 4. The molecule has 0 radical (unpaired) electrons. The molecule has 0 saturated carbocycles. The van der Waals surface area contributed by atoms with Gasteiger partial charge in [0.05, 0.1) is 0 Å². The van der Waals surface area contributed by atoms with Crippen molar-refractivity contribution in [3.8, 4) is 5.69 Å². The lowest BCUT2D eigenvalue weighted by Gasteiger charge is -2.40. The fraction of sp³-hybridized carbons (Fsp3) is 0.297. The third kappa shape index (κ3) is 7.28. The van der Waals surface area contributed by atoms with E-state index in [1.54, 1.807) is 11.8 Å². The predicted octanol–water partition coefficient (Wildman–Crippen LogP) is 6.96. The van der Waals surface area contributed by atoms with E-state index in [1.807, 2.05) is 71.3 Å². The van der Waals surface area contributed by atoms with Gasteiger partial charge < -0.3 is 9.80 Å². The Labute approximate surface area is 269 Å². The smallest absolute Gasteiger partial charge is 0.254 e. The summed E-state index contributed by atoms with van der Waals surface area (Å²) in [7, 11) is 0. The Morgan fingerprint density at radius 1 is 0.844 bits per heavy atom. The molecule has 0 bridgehead atoms. The Hall–Kier alpha value is -4.43. The van der Waals surface area contributed by atoms with Crippen LogP contribution in [-0.4, -0.2) is 67.8 Å². The number of hydrogen-bond donors (Lipinski definition) is 0. The summed E-state index contributed by atoms with van der Waals surface area (Å²) in [6, 6.07) is 32.7. The van der Waals surface area contributed by atoms with Crippen molar-refractivity contribution in [3.05, 3.63) is 120 Å². The molecule has 2 heterocycles. The Morgan fingerprint density at radius 2 is 1.60 bits per heavy atom. The minimum atomic E-state index is -0.0320. The standard InChI is InChI=1S/C37H39N5O2S/c1-27-15-19-33(20-16-27)42-34(24-29-10-4-3-5-11-29)38-39-37(42)45-23-9-8-14-35(43)40-21-22-41(28(2)26-40)36(44)32-18-17-30-12-6-7-13-31(30)25-32/h3-7,10-13,15-20,25,28H,8-9,14,21-24,26H2,1-2H3. The lowest BCUT2D eigenvalue weighted by atomic mass is 10.0. The fourth-order valence-electron chi connectivity index (χ4n) is 5.91. The number of nitrogens with zero attached hydrogens (tertiary/aromatic N) is 5. The van der Waals surface area contributed by atoms with Gasteiger partial charge >= 0.3 is 0 Å². The van der Waals surface area contributed by atoms with Gasteiger partial charge in [0.2, 0.25) is 5.91 Å². The zero-order chi connectivity index (χ0) is 31.2. The highest BCUT2D eigenvalue weighted by molar-refractivity contribution is 7.99. The number of hydrogen-bond acceptors (Lipinski definition) is 5. The van der Waals surface area contributed by atoms with Crippen LogP contribution in [0.4, 0.5) is 0 Å². The average molecular weight is 618 g/mol. The summed E-state index contributed by atoms with van der Waals surface area (Å²) >= 11 is 1.69. The van der Waals surface area contributed by atoms with Crippen molar-refractivity contribution in [1.82, 2.24) is 24.6 Å². The van der Waals surface area contributed by atoms with Gasteiger partial charge in [-0.05, 0) is 67.3 Å². The summed E-state index contributed by atoms with van der Waals surface area (Å²) in [5, 5.41) is 12.2. The molecule has 1 fully saturated rings. The molecule has 2 amide bonds. The number of unbranched alkanes of at least 4 members (excludes halogenated alkanes) is 1. The maximum absolute atomic E-state index is 13.3. The van der Waals surface area contributed by atoms with Gasteiger partial charge in [-0.3, -0.25) is 14.2 Å². The lowest BCUT2D eigenvalue weighted by Crippen LogP contribution is -2.55. The van der Waals surface area contributed by atoms with Crippen LogP contribution in [0.15, 0.2) is 102 Å². The number of aryl methyl sites for hydroxylation is 1. The van der Waals surface area contributed by atoms with Crippen LogP contribution in [0.5, 0.6) is 0 Å². The molecule has 45 heavy (non-hydrogen) atoms. The van der Waals surface area contributed by atoms with E-state index in [1.165, 1.54) is 11.1 Å². The number of thioether (sulfide) groups is 1. The lowest BCUT2D eigenvalue weighted by molar-refractivity contribution is -0.133. The SMILES string of the molecule is Cc1ccc(-n2c(Cc3ccccc3)nnc2SCCCCC(=O)N2CCN(C(=O)c3ccc4ccccc4c3)C(C)C2)cc1. The zero-order valence-corrected chi connectivity index (χ0v) is 26.7. The van der Waals surface area contributed by atoms with Crippen molar-refractivity contribution in [1.29, 1.82) is 0 Å². The van der Waals surface area contributed by atoms with E-state index in [4.69, 9.17) is 0 Å². The minimum absolute atomic E-state index is 0.0304. The van der Waals surface area contributed by atoms with Crippen molar-refractivity contribution < 1.29 is 9.59 Å². The van der Waals surface area contributed by atoms with Crippen LogP contribution in [0.1, 0.15) is 53.5 Å². The molecule has 230 valence electrons. The number of piperazine rings is 1. The second kappa shape index (κ2) is 14.1. The van der Waals surface area contributed by atoms with Gasteiger partial charge in [-0.15, -0.1) is 10.2 Å². The largest absolute Gasteiger partial charge is 0.339 e. The molecule has 8 heteroatoms. The topological polar surface area (TPSA) is 71.3 Å². The summed E-state index contributed by atoms with van der Waals surface area (Å²) < 4.78 is 2.16. The van der Waals surface area contributed by atoms with Crippen LogP contribution < -0.4 is 0 Å². The highest BCUT2D eigenvalue weighted by Gasteiger charge is 2.30. The van der Waals surface area contributed by atoms with Crippen molar-refractivity contribution in [2.75, 3.05) is 25.4 Å². The van der Waals surface area contributed by atoms with E-state index in [9.17, 15) is 9.59 Å². The first kappa shape index (κ1) is 30.6. The fourth-order valence-corrected chi connectivity index (χ4v) is 6.88. The number of carbonyl (C=O) groups excluding carboxylic acids is 2. The first-order valence-electron chi connectivity index (χ1n) is 15.7. The predicted molar refractivity (Wildman–Crippen MR) is 181 cm³/mol. The monoisotopic (exact) mass is 617 g/mol. The Kier molecular flexibility index (Phi) is 9.60. The van der Waals surface area contributed by atoms with E-state index in [2.05, 4.69) is 64.2 Å². The molecule has 0 spiro atoms. The van der Waals surface area contributed by atoms with Crippen molar-refractivity contribution >= 4 is 34.3 Å². The molecule has 7 nitrogen and oxygen atoms in total. The Morgan fingerprint density at radius 3 is 2.38 bits per heavy atom. The maximum atomic E-state index is 13.3. The molecule has 1 unspecified atom stereocenters. The molecule has 5 aromatic rings. The van der Waals surface area contributed by atoms with Crippen molar-refractivity contribution in [3.63, 3.8) is 0 Å². The van der Waals surface area contributed by atoms with Crippen molar-refractivity contribution in [2.45, 2.75) is 50.7 Å². The van der Waals surface area contributed by atoms with E-state index in [-0.39, 0.29) is 17.9 Å². The number of aromatic nitrogens is 3. The molecular formula is C37H39N5O2S. The molecule has 0 aliphatic carbocycles. The number of rotatable bonds is 10. The number of carbonyl (C=O) groups is 2.